The summed E-state index contributed by atoms with van der Waals surface area (Å²) in [5.41, 5.74) is 0.00381. The Bertz CT molecular complexity index is 620. The van der Waals surface area contributed by atoms with E-state index in [2.05, 4.69) is 10.2 Å². The summed E-state index contributed by atoms with van der Waals surface area (Å²) in [7, 11) is 1.33. The summed E-state index contributed by atoms with van der Waals surface area (Å²) in [6.07, 6.45) is 0.864. The number of aromatic nitrogens is 2. The molecule has 0 atom stereocenters. The number of carbonyl (C=O) groups excluding carboxylic acids is 1. The van der Waals surface area contributed by atoms with Crippen LogP contribution in [0.4, 0.5) is 0 Å². The van der Waals surface area contributed by atoms with Crippen molar-refractivity contribution in [3.8, 4) is 0 Å². The van der Waals surface area contributed by atoms with Crippen LogP contribution < -0.4 is 0 Å². The summed E-state index contributed by atoms with van der Waals surface area (Å²) in [6, 6.07) is 0. The van der Waals surface area contributed by atoms with Crippen LogP contribution in [0, 0.1) is 0 Å². The molecular weight excluding hydrogens is 320 g/mol. The average Bonchev–Trinajstić information content (AvgIpc) is 2.84. The molecule has 2 rings (SSSR count). The van der Waals surface area contributed by atoms with Gasteiger partial charge in [0.2, 0.25) is 0 Å². The van der Waals surface area contributed by atoms with Gasteiger partial charge >= 0.3 is 5.97 Å². The first-order valence-electron chi connectivity index (χ1n) is 6.62. The number of halogens is 1. The van der Waals surface area contributed by atoms with Gasteiger partial charge in [0.15, 0.2) is 5.69 Å². The maximum atomic E-state index is 12.1. The smallest absolute Gasteiger partial charge is 0.360 e. The van der Waals surface area contributed by atoms with Crippen LogP contribution in [0.1, 0.15) is 48.8 Å². The van der Waals surface area contributed by atoms with Crippen molar-refractivity contribution in [2.45, 2.75) is 43.6 Å². The van der Waals surface area contributed by atoms with E-state index in [0.29, 0.717) is 31.7 Å². The van der Waals surface area contributed by atoms with Crippen molar-refractivity contribution in [1.82, 2.24) is 10.2 Å². The molecule has 0 spiro atoms. The Morgan fingerprint density at radius 3 is 2.57 bits per heavy atom. The fourth-order valence-corrected chi connectivity index (χ4v) is 3.50. The van der Waals surface area contributed by atoms with E-state index < -0.39 is 15.0 Å². The highest BCUT2D eigenvalue weighted by Crippen LogP contribution is 2.28. The van der Waals surface area contributed by atoms with E-state index in [1.807, 2.05) is 0 Å². The second-order valence-electron chi connectivity index (χ2n) is 5.12. The van der Waals surface area contributed by atoms with Crippen LogP contribution in [0.25, 0.3) is 0 Å². The zero-order chi connectivity index (χ0) is 15.6. The van der Waals surface area contributed by atoms with Gasteiger partial charge in [0.1, 0.15) is 11.0 Å². The van der Waals surface area contributed by atoms with E-state index in [1.54, 1.807) is 13.8 Å². The summed E-state index contributed by atoms with van der Waals surface area (Å²) >= 11 is 0. The zero-order valence-corrected chi connectivity index (χ0v) is 13.3. The number of H-pyrrole nitrogens is 1. The molecule has 1 saturated heterocycles. The van der Waals surface area contributed by atoms with Crippen LogP contribution in [0.5, 0.6) is 0 Å². The number of hydrogen-bond donors (Lipinski definition) is 1. The molecule has 1 fully saturated rings. The molecular formula is C12H17ClN2O5S. The van der Waals surface area contributed by atoms with Crippen LogP contribution in [-0.2, 0) is 18.5 Å². The molecule has 0 radical (unpaired) electrons. The second kappa shape index (κ2) is 6.33. The maximum Gasteiger partial charge on any atom is 0.360 e. The van der Waals surface area contributed by atoms with Gasteiger partial charge in [-0.2, -0.15) is 5.10 Å². The topological polar surface area (TPSA) is 98.3 Å². The van der Waals surface area contributed by atoms with Crippen LogP contribution in [0.2, 0.25) is 0 Å². The number of rotatable bonds is 4. The first kappa shape index (κ1) is 16.3. The van der Waals surface area contributed by atoms with Gasteiger partial charge in [-0.15, -0.1) is 0 Å². The number of ether oxygens (including phenoxy) is 2. The Labute approximate surface area is 127 Å². The Kier molecular flexibility index (Phi) is 4.90. The molecule has 118 valence electrons. The van der Waals surface area contributed by atoms with Crippen molar-refractivity contribution in [2.24, 2.45) is 0 Å². The summed E-state index contributed by atoms with van der Waals surface area (Å²) in [4.78, 5) is 11.9. The lowest BCUT2D eigenvalue weighted by Crippen LogP contribution is -2.26. The van der Waals surface area contributed by atoms with Crippen LogP contribution in [0.15, 0.2) is 4.90 Å². The van der Waals surface area contributed by atoms with Gasteiger partial charge in [0.25, 0.3) is 9.05 Å². The highest BCUT2D eigenvalue weighted by atomic mass is 35.7. The van der Waals surface area contributed by atoms with Gasteiger partial charge in [-0.3, -0.25) is 5.10 Å². The third kappa shape index (κ3) is 3.75. The third-order valence-corrected chi connectivity index (χ3v) is 4.57. The average molecular weight is 337 g/mol. The summed E-state index contributed by atoms with van der Waals surface area (Å²) in [5.74, 6) is -0.963. The molecule has 0 unspecified atom stereocenters. The van der Waals surface area contributed by atoms with Crippen molar-refractivity contribution in [3.05, 3.63) is 11.4 Å². The highest BCUT2D eigenvalue weighted by molar-refractivity contribution is 8.13. The molecule has 7 nitrogen and oxygen atoms in total. The predicted molar refractivity (Wildman–Crippen MR) is 75.0 cm³/mol. The molecule has 2 heterocycles. The van der Waals surface area contributed by atoms with Crippen molar-refractivity contribution >= 4 is 25.7 Å². The second-order valence-corrected chi connectivity index (χ2v) is 7.63. The van der Waals surface area contributed by atoms with Crippen LogP contribution >= 0.6 is 10.7 Å². The Balaban J connectivity index is 2.28. The number of esters is 1. The quantitative estimate of drug-likeness (QED) is 0.665. The molecule has 1 aromatic rings. The minimum Gasteiger partial charge on any atom is -0.457 e. The predicted octanol–water partition coefficient (Wildman–Crippen LogP) is 1.80. The summed E-state index contributed by atoms with van der Waals surface area (Å²) in [5, 5.41) is 6.33. The molecule has 9 heteroatoms. The van der Waals surface area contributed by atoms with Gasteiger partial charge in [-0.05, 0) is 5.92 Å². The highest BCUT2D eigenvalue weighted by Gasteiger charge is 2.32. The largest absolute Gasteiger partial charge is 0.457 e. The van der Waals surface area contributed by atoms with Crippen molar-refractivity contribution < 1.29 is 22.7 Å². The minimum absolute atomic E-state index is 0.175. The molecule has 0 saturated carbocycles. The molecule has 1 N–H and O–H groups in total. The molecule has 21 heavy (non-hydrogen) atoms. The molecule has 1 aromatic heterocycles. The Hall–Kier alpha value is -1.12. The Morgan fingerprint density at radius 2 is 2.05 bits per heavy atom. The van der Waals surface area contributed by atoms with Gasteiger partial charge in [0, 0.05) is 23.5 Å². The first-order chi connectivity index (χ1) is 9.80. The number of nitrogens with zero attached hydrogens (tertiary/aromatic N) is 1. The molecule has 0 amide bonds. The van der Waals surface area contributed by atoms with Gasteiger partial charge < -0.3 is 9.47 Å². The lowest BCUT2D eigenvalue weighted by atomic mass is 10.1. The summed E-state index contributed by atoms with van der Waals surface area (Å²) < 4.78 is 33.9. The van der Waals surface area contributed by atoms with E-state index >= 15 is 0 Å². The van der Waals surface area contributed by atoms with E-state index in [0.717, 1.165) is 0 Å². The number of nitrogens with one attached hydrogen (secondary N) is 1. The zero-order valence-electron chi connectivity index (χ0n) is 11.8. The molecule has 0 aromatic carbocycles. The minimum atomic E-state index is -4.10. The number of hydrogen-bond acceptors (Lipinski definition) is 6. The number of aromatic amines is 1. The van der Waals surface area contributed by atoms with E-state index in [9.17, 15) is 13.2 Å². The first-order valence-corrected chi connectivity index (χ1v) is 8.93. The van der Waals surface area contributed by atoms with Crippen molar-refractivity contribution in [1.29, 1.82) is 0 Å². The van der Waals surface area contributed by atoms with E-state index in [-0.39, 0.29) is 22.6 Å². The standard InChI is InChI=1S/C12H17ClN2O5S/c1-7(2)9-11(21(13,17)18)10(15-14-9)12(16)20-8-3-5-19-6-4-8/h7-8H,3-6H2,1-2H3,(H,14,15). The van der Waals surface area contributed by atoms with Crippen LogP contribution in [0.3, 0.4) is 0 Å². The molecule has 0 bridgehead atoms. The summed E-state index contributed by atoms with van der Waals surface area (Å²) in [6.45, 7) is 4.56. The third-order valence-electron chi connectivity index (χ3n) is 3.20. The normalized spacial score (nSPS) is 17.1. The molecule has 1 aliphatic heterocycles. The van der Waals surface area contributed by atoms with E-state index in [1.165, 1.54) is 0 Å². The Morgan fingerprint density at radius 1 is 1.43 bits per heavy atom. The lowest BCUT2D eigenvalue weighted by molar-refractivity contribution is -0.0166. The number of carbonyl (C=O) groups is 1. The van der Waals surface area contributed by atoms with Crippen molar-refractivity contribution in [2.75, 3.05) is 13.2 Å². The van der Waals surface area contributed by atoms with Gasteiger partial charge in [0.05, 0.1) is 18.9 Å². The van der Waals surface area contributed by atoms with Gasteiger partial charge in [-0.25, -0.2) is 13.2 Å². The fourth-order valence-electron chi connectivity index (χ4n) is 2.12. The lowest BCUT2D eigenvalue weighted by Gasteiger charge is -2.21. The fraction of sp³-hybridized carbons (Fsp3) is 0.667. The SMILES string of the molecule is CC(C)c1[nH]nc(C(=O)OC2CCOCC2)c1S(=O)(=O)Cl. The monoisotopic (exact) mass is 336 g/mol. The molecule has 0 aliphatic carbocycles. The maximum absolute atomic E-state index is 12.1. The van der Waals surface area contributed by atoms with Gasteiger partial charge in [-0.1, -0.05) is 13.8 Å². The van der Waals surface area contributed by atoms with Crippen LogP contribution in [-0.4, -0.2) is 43.9 Å². The van der Waals surface area contributed by atoms with E-state index in [4.69, 9.17) is 20.2 Å². The van der Waals surface area contributed by atoms with Crippen molar-refractivity contribution in [3.63, 3.8) is 0 Å². The molecule has 1 aliphatic rings.